The van der Waals surface area contributed by atoms with Gasteiger partial charge in [-0.1, -0.05) is 40.7 Å². The first kappa shape index (κ1) is 14.1. The fourth-order valence-electron chi connectivity index (χ4n) is 2.29. The van der Waals surface area contributed by atoms with E-state index in [1.165, 1.54) is 5.56 Å². The van der Waals surface area contributed by atoms with Gasteiger partial charge in [-0.25, -0.2) is 4.98 Å². The highest BCUT2D eigenvalue weighted by atomic mass is 15.0. The second-order valence-electron chi connectivity index (χ2n) is 6.84. The van der Waals surface area contributed by atoms with E-state index in [1.807, 2.05) is 0 Å². The van der Waals surface area contributed by atoms with Gasteiger partial charge in [0.25, 0.3) is 0 Å². The number of aromatic nitrogens is 2. The van der Waals surface area contributed by atoms with Crippen LogP contribution in [0.1, 0.15) is 58.5 Å². The number of imidazole rings is 1. The molecule has 1 atom stereocenters. The van der Waals surface area contributed by atoms with Crippen molar-refractivity contribution < 1.29 is 0 Å². The number of benzene rings is 1. The van der Waals surface area contributed by atoms with Crippen LogP contribution < -0.4 is 5.73 Å². The molecule has 1 aromatic carbocycles. The molecular weight excluding hydrogens is 234 g/mol. The van der Waals surface area contributed by atoms with Crippen molar-refractivity contribution in [3.05, 3.63) is 29.6 Å². The fraction of sp³-hybridized carbons (Fsp3) is 0.562. The van der Waals surface area contributed by atoms with Crippen LogP contribution in [0.2, 0.25) is 0 Å². The average Bonchev–Trinajstić information content (AvgIpc) is 2.69. The van der Waals surface area contributed by atoms with Crippen molar-refractivity contribution in [2.24, 2.45) is 11.7 Å². The Morgan fingerprint density at radius 3 is 2.53 bits per heavy atom. The van der Waals surface area contributed by atoms with E-state index in [2.05, 4.69) is 62.8 Å². The molecule has 0 amide bonds. The van der Waals surface area contributed by atoms with Crippen molar-refractivity contribution in [1.82, 2.24) is 9.97 Å². The lowest BCUT2D eigenvalue weighted by Crippen LogP contribution is -2.14. The minimum Gasteiger partial charge on any atom is -0.341 e. The summed E-state index contributed by atoms with van der Waals surface area (Å²) in [7, 11) is 0. The Labute approximate surface area is 115 Å². The van der Waals surface area contributed by atoms with Gasteiger partial charge < -0.3 is 10.7 Å². The standard InChI is InChI=1S/C16H25N3/c1-10(2)8-12(17)15-18-13-7-6-11(16(3,4)5)9-14(13)19-15/h6-7,9-10,12H,8,17H2,1-5H3,(H,18,19)/t12-/m1/s1. The predicted molar refractivity (Wildman–Crippen MR) is 81.2 cm³/mol. The van der Waals surface area contributed by atoms with E-state index in [-0.39, 0.29) is 11.5 Å². The van der Waals surface area contributed by atoms with E-state index in [1.54, 1.807) is 0 Å². The van der Waals surface area contributed by atoms with Gasteiger partial charge in [0.05, 0.1) is 17.1 Å². The largest absolute Gasteiger partial charge is 0.341 e. The predicted octanol–water partition coefficient (Wildman–Crippen LogP) is 3.91. The Kier molecular flexibility index (Phi) is 3.68. The third kappa shape index (κ3) is 3.16. The van der Waals surface area contributed by atoms with Crippen LogP contribution in [0.5, 0.6) is 0 Å². The summed E-state index contributed by atoms with van der Waals surface area (Å²) in [6.45, 7) is 11.0. The van der Waals surface area contributed by atoms with Crippen molar-refractivity contribution in [2.75, 3.05) is 0 Å². The average molecular weight is 259 g/mol. The molecule has 0 aliphatic rings. The SMILES string of the molecule is CC(C)C[C@@H](N)c1nc2cc(C(C)(C)C)ccc2[nH]1. The second-order valence-corrected chi connectivity index (χ2v) is 6.84. The van der Waals surface area contributed by atoms with Gasteiger partial charge in [-0.15, -0.1) is 0 Å². The monoisotopic (exact) mass is 259 g/mol. The Hall–Kier alpha value is -1.35. The summed E-state index contributed by atoms with van der Waals surface area (Å²) >= 11 is 0. The number of fused-ring (bicyclic) bond motifs is 1. The molecule has 2 rings (SSSR count). The van der Waals surface area contributed by atoms with Crippen LogP contribution in [0, 0.1) is 5.92 Å². The van der Waals surface area contributed by atoms with Crippen LogP contribution in [-0.2, 0) is 5.41 Å². The summed E-state index contributed by atoms with van der Waals surface area (Å²) in [6.07, 6.45) is 0.950. The molecule has 1 aromatic heterocycles. The zero-order valence-corrected chi connectivity index (χ0v) is 12.6. The normalized spacial score (nSPS) is 14.3. The molecule has 3 nitrogen and oxygen atoms in total. The molecule has 0 radical (unpaired) electrons. The van der Waals surface area contributed by atoms with Gasteiger partial charge in [0.2, 0.25) is 0 Å². The molecule has 0 fully saturated rings. The van der Waals surface area contributed by atoms with Gasteiger partial charge >= 0.3 is 0 Å². The number of rotatable bonds is 3. The Bertz CT molecular complexity index is 561. The first-order chi connectivity index (χ1) is 8.77. The fourth-order valence-corrected chi connectivity index (χ4v) is 2.29. The van der Waals surface area contributed by atoms with Gasteiger partial charge in [0, 0.05) is 0 Å². The summed E-state index contributed by atoms with van der Waals surface area (Å²) in [5, 5.41) is 0. The topological polar surface area (TPSA) is 54.7 Å². The van der Waals surface area contributed by atoms with Crippen LogP contribution in [0.4, 0.5) is 0 Å². The van der Waals surface area contributed by atoms with Crippen molar-refractivity contribution >= 4 is 11.0 Å². The van der Waals surface area contributed by atoms with Crippen LogP contribution in [0.3, 0.4) is 0 Å². The number of H-pyrrole nitrogens is 1. The van der Waals surface area contributed by atoms with E-state index in [0.717, 1.165) is 23.3 Å². The lowest BCUT2D eigenvalue weighted by molar-refractivity contribution is 0.496. The Morgan fingerprint density at radius 1 is 1.26 bits per heavy atom. The molecule has 0 bridgehead atoms. The van der Waals surface area contributed by atoms with Crippen LogP contribution >= 0.6 is 0 Å². The Morgan fingerprint density at radius 2 is 1.95 bits per heavy atom. The van der Waals surface area contributed by atoms with Gasteiger partial charge in [-0.05, 0) is 35.4 Å². The Balaban J connectivity index is 2.35. The van der Waals surface area contributed by atoms with E-state index in [0.29, 0.717) is 5.92 Å². The summed E-state index contributed by atoms with van der Waals surface area (Å²) < 4.78 is 0. The zero-order valence-electron chi connectivity index (χ0n) is 12.6. The van der Waals surface area contributed by atoms with E-state index < -0.39 is 0 Å². The number of nitrogens with one attached hydrogen (secondary N) is 1. The number of hydrogen-bond acceptors (Lipinski definition) is 2. The van der Waals surface area contributed by atoms with Crippen molar-refractivity contribution in [2.45, 2.75) is 52.5 Å². The summed E-state index contributed by atoms with van der Waals surface area (Å²) in [4.78, 5) is 8.00. The van der Waals surface area contributed by atoms with Crippen molar-refractivity contribution in [3.63, 3.8) is 0 Å². The quantitative estimate of drug-likeness (QED) is 0.878. The first-order valence-electron chi connectivity index (χ1n) is 7.03. The first-order valence-corrected chi connectivity index (χ1v) is 7.03. The number of hydrogen-bond donors (Lipinski definition) is 2. The van der Waals surface area contributed by atoms with Crippen molar-refractivity contribution in [1.29, 1.82) is 0 Å². The molecule has 104 valence electrons. The smallest absolute Gasteiger partial charge is 0.124 e. The maximum Gasteiger partial charge on any atom is 0.124 e. The maximum atomic E-state index is 6.19. The van der Waals surface area contributed by atoms with E-state index in [9.17, 15) is 0 Å². The minimum atomic E-state index is -0.00881. The van der Waals surface area contributed by atoms with Gasteiger partial charge in [-0.2, -0.15) is 0 Å². The molecule has 0 spiro atoms. The van der Waals surface area contributed by atoms with Gasteiger partial charge in [-0.3, -0.25) is 0 Å². The lowest BCUT2D eigenvalue weighted by Gasteiger charge is -2.18. The van der Waals surface area contributed by atoms with Crippen LogP contribution in [0.15, 0.2) is 18.2 Å². The summed E-state index contributed by atoms with van der Waals surface area (Å²) in [5.41, 5.74) is 9.72. The highest BCUT2D eigenvalue weighted by molar-refractivity contribution is 5.76. The molecule has 1 heterocycles. The highest BCUT2D eigenvalue weighted by Gasteiger charge is 2.17. The number of nitrogens with zero attached hydrogens (tertiary/aromatic N) is 1. The molecule has 0 unspecified atom stereocenters. The van der Waals surface area contributed by atoms with Crippen LogP contribution in [0.25, 0.3) is 11.0 Å². The van der Waals surface area contributed by atoms with Crippen LogP contribution in [-0.4, -0.2) is 9.97 Å². The van der Waals surface area contributed by atoms with E-state index in [4.69, 9.17) is 5.73 Å². The lowest BCUT2D eigenvalue weighted by atomic mass is 9.87. The zero-order chi connectivity index (χ0) is 14.2. The summed E-state index contributed by atoms with van der Waals surface area (Å²) in [6, 6.07) is 6.43. The molecular formula is C16H25N3. The molecule has 19 heavy (non-hydrogen) atoms. The van der Waals surface area contributed by atoms with E-state index >= 15 is 0 Å². The summed E-state index contributed by atoms with van der Waals surface area (Å²) in [5.74, 6) is 1.48. The maximum absolute atomic E-state index is 6.19. The molecule has 3 N–H and O–H groups in total. The third-order valence-electron chi connectivity index (χ3n) is 3.44. The number of nitrogens with two attached hydrogens (primary N) is 1. The van der Waals surface area contributed by atoms with Crippen molar-refractivity contribution in [3.8, 4) is 0 Å². The molecule has 0 saturated carbocycles. The third-order valence-corrected chi connectivity index (χ3v) is 3.44. The molecule has 3 heteroatoms. The molecule has 0 aliphatic carbocycles. The molecule has 0 saturated heterocycles. The highest BCUT2D eigenvalue weighted by Crippen LogP contribution is 2.26. The second kappa shape index (κ2) is 4.97. The molecule has 2 aromatic rings. The minimum absolute atomic E-state index is 0.00881. The van der Waals surface area contributed by atoms with Gasteiger partial charge in [0.1, 0.15) is 5.82 Å². The molecule has 0 aliphatic heterocycles. The van der Waals surface area contributed by atoms with Gasteiger partial charge in [0.15, 0.2) is 0 Å². The number of aromatic amines is 1.